The number of carbonyl (C=O) groups is 2. The number of H-pyrrole nitrogens is 2. The Morgan fingerprint density at radius 2 is 2.00 bits per heavy atom. The first kappa shape index (κ1) is 13.4. The molecule has 0 atom stereocenters. The van der Waals surface area contributed by atoms with Crippen LogP contribution in [-0.2, 0) is 0 Å². The summed E-state index contributed by atoms with van der Waals surface area (Å²) in [7, 11) is 0. The minimum absolute atomic E-state index is 0.0626. The Morgan fingerprint density at radius 1 is 1.30 bits per heavy atom. The minimum atomic E-state index is -1.19. The molecule has 2 rings (SSSR count). The average Bonchev–Trinajstić information content (AvgIpc) is 2.69. The van der Waals surface area contributed by atoms with E-state index in [9.17, 15) is 19.5 Å². The molecule has 8 nitrogen and oxygen atoms in total. The predicted molar refractivity (Wildman–Crippen MR) is 69.2 cm³/mol. The molecule has 0 saturated carbocycles. The highest BCUT2D eigenvalue weighted by Gasteiger charge is 2.18. The average molecular weight is 277 g/mol. The number of hydrogen-bond donors (Lipinski definition) is 5. The van der Waals surface area contributed by atoms with Crippen LogP contribution in [-0.4, -0.2) is 32.1 Å². The largest absolute Gasteiger partial charge is 0.494 e. The van der Waals surface area contributed by atoms with Gasteiger partial charge in [0.05, 0.1) is 11.3 Å². The van der Waals surface area contributed by atoms with Gasteiger partial charge in [-0.1, -0.05) is 0 Å². The second kappa shape index (κ2) is 4.92. The molecule has 0 unspecified atom stereocenters. The Kier molecular flexibility index (Phi) is 3.30. The van der Waals surface area contributed by atoms with Crippen molar-refractivity contribution >= 4 is 17.6 Å². The zero-order valence-corrected chi connectivity index (χ0v) is 10.4. The molecule has 5 N–H and O–H groups in total. The zero-order valence-electron chi connectivity index (χ0n) is 10.4. The van der Waals surface area contributed by atoms with Gasteiger partial charge in [0.1, 0.15) is 5.56 Å². The Hall–Kier alpha value is -3.03. The van der Waals surface area contributed by atoms with Gasteiger partial charge in [-0.25, -0.2) is 4.79 Å². The number of carboxylic acids is 1. The third-order valence-corrected chi connectivity index (χ3v) is 2.63. The molecule has 1 amide bonds. The van der Waals surface area contributed by atoms with Crippen LogP contribution >= 0.6 is 0 Å². The standard InChI is InChI=1S/C12H11N3O5/c1-5-10(12(19)20)7(4-13-5)14-11(18)6-2-8(16)15-9(17)3-6/h2-4,13H,1H3,(H,14,18)(H,19,20)(H2,15,16,17). The summed E-state index contributed by atoms with van der Waals surface area (Å²) in [6, 6.07) is 2.06. The van der Waals surface area contributed by atoms with Crippen molar-refractivity contribution in [3.63, 3.8) is 0 Å². The summed E-state index contributed by atoms with van der Waals surface area (Å²) in [5.74, 6) is -2.34. The lowest BCUT2D eigenvalue weighted by Gasteiger charge is -2.05. The third-order valence-electron chi connectivity index (χ3n) is 2.63. The summed E-state index contributed by atoms with van der Waals surface area (Å²) in [4.78, 5) is 38.9. The van der Waals surface area contributed by atoms with Gasteiger partial charge in [-0.15, -0.1) is 0 Å². The number of amides is 1. The molecule has 0 aliphatic carbocycles. The van der Waals surface area contributed by atoms with Crippen molar-refractivity contribution in [1.29, 1.82) is 0 Å². The van der Waals surface area contributed by atoms with Crippen LogP contribution in [0.15, 0.2) is 23.1 Å². The first-order chi connectivity index (χ1) is 9.38. The Bertz CT molecular complexity index is 744. The first-order valence-corrected chi connectivity index (χ1v) is 5.54. The first-order valence-electron chi connectivity index (χ1n) is 5.54. The fourth-order valence-electron chi connectivity index (χ4n) is 1.76. The van der Waals surface area contributed by atoms with E-state index in [2.05, 4.69) is 15.3 Å². The van der Waals surface area contributed by atoms with E-state index in [1.54, 1.807) is 6.92 Å². The molecule has 8 heteroatoms. The molecule has 0 aliphatic rings. The van der Waals surface area contributed by atoms with Gasteiger partial charge < -0.3 is 20.5 Å². The van der Waals surface area contributed by atoms with E-state index >= 15 is 0 Å². The maximum absolute atomic E-state index is 11.9. The Morgan fingerprint density at radius 3 is 2.60 bits per heavy atom. The van der Waals surface area contributed by atoms with Crippen LogP contribution in [0.5, 0.6) is 5.88 Å². The molecule has 2 aromatic rings. The Balaban J connectivity index is 2.33. The van der Waals surface area contributed by atoms with E-state index in [0.717, 1.165) is 12.1 Å². The van der Waals surface area contributed by atoms with E-state index in [1.807, 2.05) is 0 Å². The van der Waals surface area contributed by atoms with Crippen LogP contribution in [0.4, 0.5) is 5.69 Å². The van der Waals surface area contributed by atoms with Gasteiger partial charge in [0.25, 0.3) is 11.5 Å². The highest BCUT2D eigenvalue weighted by molar-refractivity contribution is 6.08. The van der Waals surface area contributed by atoms with Crippen LogP contribution < -0.4 is 10.9 Å². The van der Waals surface area contributed by atoms with E-state index in [-0.39, 0.29) is 16.8 Å². The van der Waals surface area contributed by atoms with Crippen LogP contribution in [0.25, 0.3) is 0 Å². The van der Waals surface area contributed by atoms with Crippen molar-refractivity contribution < 1.29 is 19.8 Å². The third kappa shape index (κ3) is 2.53. The number of aryl methyl sites for hydroxylation is 1. The predicted octanol–water partition coefficient (Wildman–Crippen LogP) is 0.668. The lowest BCUT2D eigenvalue weighted by atomic mass is 10.2. The second-order valence-corrected chi connectivity index (χ2v) is 4.08. The van der Waals surface area contributed by atoms with Crippen LogP contribution in [0.3, 0.4) is 0 Å². The van der Waals surface area contributed by atoms with Gasteiger partial charge >= 0.3 is 5.97 Å². The van der Waals surface area contributed by atoms with Gasteiger partial charge in [-0.05, 0) is 6.92 Å². The van der Waals surface area contributed by atoms with E-state index < -0.39 is 23.3 Å². The number of aromatic carboxylic acids is 1. The number of aromatic nitrogens is 2. The maximum Gasteiger partial charge on any atom is 0.339 e. The lowest BCUT2D eigenvalue weighted by molar-refractivity contribution is 0.0697. The lowest BCUT2D eigenvalue weighted by Crippen LogP contribution is -2.17. The number of carbonyl (C=O) groups excluding carboxylic acids is 1. The second-order valence-electron chi connectivity index (χ2n) is 4.08. The van der Waals surface area contributed by atoms with E-state index in [1.165, 1.54) is 6.20 Å². The van der Waals surface area contributed by atoms with Crippen LogP contribution in [0.2, 0.25) is 0 Å². The molecule has 2 heterocycles. The topological polar surface area (TPSA) is 135 Å². The summed E-state index contributed by atoms with van der Waals surface area (Å²) >= 11 is 0. The van der Waals surface area contributed by atoms with Crippen molar-refractivity contribution in [1.82, 2.24) is 9.97 Å². The molecule has 0 saturated heterocycles. The number of hydrogen-bond acceptors (Lipinski definition) is 4. The fourth-order valence-corrected chi connectivity index (χ4v) is 1.76. The molecular formula is C12H11N3O5. The SMILES string of the molecule is Cc1[nH]cc(NC(=O)c2cc(O)[nH]c(=O)c2)c1C(=O)O. The molecule has 104 valence electrons. The number of pyridine rings is 1. The summed E-state index contributed by atoms with van der Waals surface area (Å²) < 4.78 is 0. The molecule has 0 aliphatic heterocycles. The van der Waals surface area contributed by atoms with Gasteiger partial charge in [0.15, 0.2) is 5.88 Å². The molecular weight excluding hydrogens is 266 g/mol. The minimum Gasteiger partial charge on any atom is -0.494 e. The summed E-state index contributed by atoms with van der Waals surface area (Å²) in [6.45, 7) is 1.55. The van der Waals surface area contributed by atoms with Crippen LogP contribution in [0.1, 0.15) is 26.4 Å². The highest BCUT2D eigenvalue weighted by Crippen LogP contribution is 2.20. The van der Waals surface area contributed by atoms with Crippen LogP contribution in [0, 0.1) is 6.92 Å². The molecule has 2 aromatic heterocycles. The van der Waals surface area contributed by atoms with Gasteiger partial charge in [-0.2, -0.15) is 0 Å². The number of anilines is 1. The molecule has 0 radical (unpaired) electrons. The molecule has 0 aromatic carbocycles. The molecule has 20 heavy (non-hydrogen) atoms. The highest BCUT2D eigenvalue weighted by atomic mass is 16.4. The summed E-state index contributed by atoms with van der Waals surface area (Å²) in [6.07, 6.45) is 1.34. The van der Waals surface area contributed by atoms with Crippen molar-refractivity contribution in [3.8, 4) is 5.88 Å². The summed E-state index contributed by atoms with van der Waals surface area (Å²) in [5.41, 5.74) is -0.311. The van der Waals surface area contributed by atoms with Gasteiger partial charge in [0, 0.05) is 24.0 Å². The quantitative estimate of drug-likeness (QED) is 0.561. The van der Waals surface area contributed by atoms with Crippen molar-refractivity contribution in [2.45, 2.75) is 6.92 Å². The van der Waals surface area contributed by atoms with Crippen molar-refractivity contribution in [3.05, 3.63) is 45.5 Å². The Labute approximate surface area is 112 Å². The maximum atomic E-state index is 11.9. The number of rotatable bonds is 3. The molecule has 0 bridgehead atoms. The number of aromatic hydroxyl groups is 1. The number of aromatic amines is 2. The van der Waals surface area contributed by atoms with E-state index in [0.29, 0.717) is 5.69 Å². The number of carboxylic acid groups (broad SMARTS) is 1. The monoisotopic (exact) mass is 277 g/mol. The smallest absolute Gasteiger partial charge is 0.339 e. The van der Waals surface area contributed by atoms with Crippen molar-refractivity contribution in [2.24, 2.45) is 0 Å². The van der Waals surface area contributed by atoms with Gasteiger partial charge in [0.2, 0.25) is 0 Å². The zero-order chi connectivity index (χ0) is 14.9. The fraction of sp³-hybridized carbons (Fsp3) is 0.0833. The molecule has 0 spiro atoms. The normalized spacial score (nSPS) is 10.2. The summed E-state index contributed by atoms with van der Waals surface area (Å²) in [5, 5.41) is 20.6. The van der Waals surface area contributed by atoms with E-state index in [4.69, 9.17) is 5.11 Å². The molecule has 0 fully saturated rings. The van der Waals surface area contributed by atoms with Gasteiger partial charge in [-0.3, -0.25) is 14.6 Å². The number of nitrogens with one attached hydrogen (secondary N) is 3. The van der Waals surface area contributed by atoms with Crippen molar-refractivity contribution in [2.75, 3.05) is 5.32 Å².